The van der Waals surface area contributed by atoms with Crippen molar-refractivity contribution >= 4 is 22.6 Å². The van der Waals surface area contributed by atoms with Crippen LogP contribution in [0.2, 0.25) is 0 Å². The molecule has 3 heteroatoms. The minimum Gasteiger partial charge on any atom is -0.324 e. The number of para-hydroxylation sites is 2. The molecule has 1 aromatic carbocycles. The van der Waals surface area contributed by atoms with Crippen LogP contribution in [0.5, 0.6) is 0 Å². The van der Waals surface area contributed by atoms with Gasteiger partial charge in [-0.15, -0.1) is 11.6 Å². The zero-order valence-electron chi connectivity index (χ0n) is 12.5. The highest BCUT2D eigenvalue weighted by molar-refractivity contribution is 6.20. The first kappa shape index (κ1) is 13.9. The average Bonchev–Trinajstić information content (AvgIpc) is 2.81. The van der Waals surface area contributed by atoms with Gasteiger partial charge in [0.15, 0.2) is 0 Å². The third-order valence-corrected chi connectivity index (χ3v) is 5.11. The Bertz CT molecular complexity index is 602. The summed E-state index contributed by atoms with van der Waals surface area (Å²) in [5, 5.41) is -0.0444. The summed E-state index contributed by atoms with van der Waals surface area (Å²) >= 11 is 6.38. The first-order valence-corrected chi connectivity index (χ1v) is 8.12. The second-order valence-corrected chi connectivity index (χ2v) is 7.02. The van der Waals surface area contributed by atoms with Gasteiger partial charge in [0, 0.05) is 6.04 Å². The van der Waals surface area contributed by atoms with Crippen molar-refractivity contribution in [3.63, 3.8) is 0 Å². The summed E-state index contributed by atoms with van der Waals surface area (Å²) in [7, 11) is 0. The van der Waals surface area contributed by atoms with E-state index in [0.29, 0.717) is 6.04 Å². The van der Waals surface area contributed by atoms with Crippen LogP contribution in [0, 0.1) is 11.8 Å². The number of hydrogen-bond acceptors (Lipinski definition) is 1. The van der Waals surface area contributed by atoms with Crippen LogP contribution in [0.4, 0.5) is 0 Å². The number of fused-ring (bicyclic) bond motifs is 1. The van der Waals surface area contributed by atoms with E-state index in [2.05, 4.69) is 36.6 Å². The molecule has 0 radical (unpaired) electrons. The second kappa shape index (κ2) is 5.40. The van der Waals surface area contributed by atoms with Crippen LogP contribution in [0.3, 0.4) is 0 Å². The Morgan fingerprint density at radius 3 is 2.65 bits per heavy atom. The number of hydrogen-bond donors (Lipinski definition) is 0. The maximum atomic E-state index is 6.38. The Morgan fingerprint density at radius 1 is 1.20 bits per heavy atom. The average molecular weight is 291 g/mol. The van der Waals surface area contributed by atoms with E-state index in [1.807, 2.05) is 13.0 Å². The fourth-order valence-corrected chi connectivity index (χ4v) is 3.64. The number of imidazole rings is 1. The van der Waals surface area contributed by atoms with E-state index in [1.165, 1.54) is 24.8 Å². The number of benzene rings is 1. The van der Waals surface area contributed by atoms with Crippen molar-refractivity contribution in [2.45, 2.75) is 51.5 Å². The monoisotopic (exact) mass is 290 g/mol. The lowest BCUT2D eigenvalue weighted by Crippen LogP contribution is -2.24. The molecule has 0 bridgehead atoms. The standard InChI is InChI=1S/C17H23ClN2/c1-11-8-9-14(10-12(11)2)20-16-7-5-4-6-15(16)19-17(20)13(3)18/h4-7,11-14H,8-10H2,1-3H3. The van der Waals surface area contributed by atoms with Gasteiger partial charge < -0.3 is 4.57 Å². The third-order valence-electron chi connectivity index (χ3n) is 4.91. The van der Waals surface area contributed by atoms with Crippen LogP contribution in [0.25, 0.3) is 11.0 Å². The normalized spacial score (nSPS) is 28.7. The number of aromatic nitrogens is 2. The Hall–Kier alpha value is -1.02. The fourth-order valence-electron chi connectivity index (χ4n) is 3.48. The van der Waals surface area contributed by atoms with Gasteiger partial charge in [0.05, 0.1) is 16.4 Å². The summed E-state index contributed by atoms with van der Waals surface area (Å²) in [6.45, 7) is 6.77. The quantitative estimate of drug-likeness (QED) is 0.683. The SMILES string of the molecule is CC(Cl)c1nc2ccccc2n1C1CCC(C)C(C)C1. The van der Waals surface area contributed by atoms with Crippen molar-refractivity contribution in [3.05, 3.63) is 30.1 Å². The third kappa shape index (κ3) is 2.35. The molecule has 4 atom stereocenters. The highest BCUT2D eigenvalue weighted by atomic mass is 35.5. The van der Waals surface area contributed by atoms with Crippen LogP contribution < -0.4 is 0 Å². The van der Waals surface area contributed by atoms with E-state index < -0.39 is 0 Å². The maximum Gasteiger partial charge on any atom is 0.127 e. The molecule has 108 valence electrons. The van der Waals surface area contributed by atoms with E-state index in [4.69, 9.17) is 16.6 Å². The van der Waals surface area contributed by atoms with Crippen LogP contribution in [-0.2, 0) is 0 Å². The van der Waals surface area contributed by atoms with Crippen LogP contribution in [0.1, 0.15) is 57.3 Å². The number of rotatable bonds is 2. The molecule has 0 spiro atoms. The number of nitrogens with zero attached hydrogens (tertiary/aromatic N) is 2. The van der Waals surface area contributed by atoms with E-state index in [9.17, 15) is 0 Å². The molecule has 2 aromatic rings. The predicted octanol–water partition coefficient (Wildman–Crippen LogP) is 5.33. The Balaban J connectivity index is 2.07. The second-order valence-electron chi connectivity index (χ2n) is 6.37. The molecule has 1 fully saturated rings. The Kier molecular flexibility index (Phi) is 3.76. The highest BCUT2D eigenvalue weighted by Gasteiger charge is 2.29. The molecule has 1 saturated carbocycles. The summed E-state index contributed by atoms with van der Waals surface area (Å²) in [4.78, 5) is 4.76. The van der Waals surface area contributed by atoms with E-state index in [-0.39, 0.29) is 5.38 Å². The van der Waals surface area contributed by atoms with Gasteiger partial charge in [0.25, 0.3) is 0 Å². The topological polar surface area (TPSA) is 17.8 Å². The predicted molar refractivity (Wildman–Crippen MR) is 85.2 cm³/mol. The summed E-state index contributed by atoms with van der Waals surface area (Å²) in [6, 6.07) is 8.95. The highest BCUT2D eigenvalue weighted by Crippen LogP contribution is 2.39. The Labute approximate surface area is 126 Å². The lowest BCUT2D eigenvalue weighted by Gasteiger charge is -2.34. The largest absolute Gasteiger partial charge is 0.324 e. The van der Waals surface area contributed by atoms with E-state index in [1.54, 1.807) is 0 Å². The maximum absolute atomic E-state index is 6.38. The van der Waals surface area contributed by atoms with Crippen molar-refractivity contribution in [2.24, 2.45) is 11.8 Å². The molecule has 0 N–H and O–H groups in total. The van der Waals surface area contributed by atoms with Crippen molar-refractivity contribution in [1.29, 1.82) is 0 Å². The van der Waals surface area contributed by atoms with Crippen molar-refractivity contribution < 1.29 is 0 Å². The molecule has 1 aliphatic rings. The molecule has 3 rings (SSSR count). The summed E-state index contributed by atoms with van der Waals surface area (Å²) in [5.74, 6) is 2.63. The van der Waals surface area contributed by atoms with Crippen LogP contribution in [0.15, 0.2) is 24.3 Å². The molecule has 2 nitrogen and oxygen atoms in total. The minimum absolute atomic E-state index is 0.0444. The molecule has 0 aliphatic heterocycles. The van der Waals surface area contributed by atoms with Gasteiger partial charge in [-0.2, -0.15) is 0 Å². The number of alkyl halides is 1. The lowest BCUT2D eigenvalue weighted by molar-refractivity contribution is 0.211. The molecule has 1 aliphatic carbocycles. The van der Waals surface area contributed by atoms with Gasteiger partial charge in [0.1, 0.15) is 5.82 Å². The summed E-state index contributed by atoms with van der Waals surface area (Å²) in [5.41, 5.74) is 2.31. The molecule has 0 amide bonds. The summed E-state index contributed by atoms with van der Waals surface area (Å²) < 4.78 is 2.41. The van der Waals surface area contributed by atoms with Gasteiger partial charge in [-0.1, -0.05) is 26.0 Å². The summed E-state index contributed by atoms with van der Waals surface area (Å²) in [6.07, 6.45) is 3.77. The first-order chi connectivity index (χ1) is 9.58. The van der Waals surface area contributed by atoms with Gasteiger partial charge >= 0.3 is 0 Å². The van der Waals surface area contributed by atoms with Crippen molar-refractivity contribution in [3.8, 4) is 0 Å². The van der Waals surface area contributed by atoms with Gasteiger partial charge in [-0.05, 0) is 50.2 Å². The fraction of sp³-hybridized carbons (Fsp3) is 0.588. The molecular formula is C17H23ClN2. The molecule has 0 saturated heterocycles. The molecular weight excluding hydrogens is 268 g/mol. The minimum atomic E-state index is -0.0444. The van der Waals surface area contributed by atoms with Gasteiger partial charge in [-0.25, -0.2) is 4.98 Å². The molecule has 1 aromatic heterocycles. The zero-order valence-corrected chi connectivity index (χ0v) is 13.3. The van der Waals surface area contributed by atoms with Crippen molar-refractivity contribution in [1.82, 2.24) is 9.55 Å². The molecule has 20 heavy (non-hydrogen) atoms. The molecule has 1 heterocycles. The van der Waals surface area contributed by atoms with Crippen LogP contribution >= 0.6 is 11.6 Å². The lowest BCUT2D eigenvalue weighted by atomic mass is 9.79. The van der Waals surface area contributed by atoms with Gasteiger partial charge in [0.2, 0.25) is 0 Å². The number of halogens is 1. The first-order valence-electron chi connectivity index (χ1n) is 7.69. The van der Waals surface area contributed by atoms with Gasteiger partial charge in [-0.3, -0.25) is 0 Å². The Morgan fingerprint density at radius 2 is 1.95 bits per heavy atom. The van der Waals surface area contributed by atoms with E-state index in [0.717, 1.165) is 23.2 Å². The smallest absolute Gasteiger partial charge is 0.127 e. The van der Waals surface area contributed by atoms with E-state index >= 15 is 0 Å². The van der Waals surface area contributed by atoms with Crippen LogP contribution in [-0.4, -0.2) is 9.55 Å². The zero-order chi connectivity index (χ0) is 14.3. The molecule has 4 unspecified atom stereocenters. The van der Waals surface area contributed by atoms with Crippen molar-refractivity contribution in [2.75, 3.05) is 0 Å².